The van der Waals surface area contributed by atoms with E-state index in [4.69, 9.17) is 9.84 Å². The standard InChI is InChI=1S/C15H20N4O3/c1-10-11(2)18-14-9-12(3-4-13(14)17-10)19-15(21)16-5-7-22-8-6-20/h3-4,9,20H,5-8H2,1-2H3,(H2,16,19,21). The molecule has 0 aliphatic heterocycles. The molecule has 0 unspecified atom stereocenters. The van der Waals surface area contributed by atoms with Gasteiger partial charge in [0.25, 0.3) is 0 Å². The maximum atomic E-state index is 11.7. The molecule has 0 aliphatic rings. The maximum Gasteiger partial charge on any atom is 0.319 e. The van der Waals surface area contributed by atoms with Crippen LogP contribution in [0.25, 0.3) is 11.0 Å². The van der Waals surface area contributed by atoms with Crippen LogP contribution in [-0.4, -0.2) is 47.5 Å². The zero-order valence-corrected chi connectivity index (χ0v) is 12.7. The smallest absolute Gasteiger partial charge is 0.319 e. The van der Waals surface area contributed by atoms with Gasteiger partial charge in [-0.2, -0.15) is 0 Å². The second kappa shape index (κ2) is 7.67. The van der Waals surface area contributed by atoms with Crippen LogP contribution in [0.4, 0.5) is 10.5 Å². The predicted molar refractivity (Wildman–Crippen MR) is 83.9 cm³/mol. The molecule has 0 saturated carbocycles. The molecular formula is C15H20N4O3. The van der Waals surface area contributed by atoms with E-state index in [0.29, 0.717) is 18.8 Å². The number of urea groups is 1. The number of amides is 2. The largest absolute Gasteiger partial charge is 0.394 e. The zero-order valence-electron chi connectivity index (χ0n) is 12.7. The molecule has 0 bridgehead atoms. The molecule has 0 saturated heterocycles. The lowest BCUT2D eigenvalue weighted by Gasteiger charge is -2.09. The summed E-state index contributed by atoms with van der Waals surface area (Å²) in [6, 6.07) is 5.09. The number of aliphatic hydroxyl groups is 1. The Balaban J connectivity index is 1.93. The number of aliphatic hydroxyl groups excluding tert-OH is 1. The summed E-state index contributed by atoms with van der Waals surface area (Å²) >= 11 is 0. The van der Waals surface area contributed by atoms with Gasteiger partial charge >= 0.3 is 6.03 Å². The second-order valence-electron chi connectivity index (χ2n) is 4.81. The van der Waals surface area contributed by atoms with Crippen LogP contribution < -0.4 is 10.6 Å². The van der Waals surface area contributed by atoms with Gasteiger partial charge in [0.15, 0.2) is 0 Å². The fourth-order valence-corrected chi connectivity index (χ4v) is 1.89. The average Bonchev–Trinajstić information content (AvgIpc) is 2.48. The second-order valence-corrected chi connectivity index (χ2v) is 4.81. The van der Waals surface area contributed by atoms with Crippen molar-refractivity contribution in [1.82, 2.24) is 15.3 Å². The number of ether oxygens (including phenoxy) is 1. The Labute approximate surface area is 128 Å². The molecule has 2 rings (SSSR count). The van der Waals surface area contributed by atoms with Crippen molar-refractivity contribution >= 4 is 22.8 Å². The summed E-state index contributed by atoms with van der Waals surface area (Å²) < 4.78 is 5.05. The molecule has 0 radical (unpaired) electrons. The van der Waals surface area contributed by atoms with Crippen LogP contribution in [-0.2, 0) is 4.74 Å². The highest BCUT2D eigenvalue weighted by Crippen LogP contribution is 2.17. The van der Waals surface area contributed by atoms with Crippen LogP contribution in [0, 0.1) is 13.8 Å². The third-order valence-electron chi connectivity index (χ3n) is 3.10. The highest BCUT2D eigenvalue weighted by atomic mass is 16.5. The first-order chi connectivity index (χ1) is 10.6. The maximum absolute atomic E-state index is 11.7. The van der Waals surface area contributed by atoms with E-state index >= 15 is 0 Å². The fourth-order valence-electron chi connectivity index (χ4n) is 1.89. The number of carbonyl (C=O) groups is 1. The fraction of sp³-hybridized carbons (Fsp3) is 0.400. The van der Waals surface area contributed by atoms with Gasteiger partial charge in [-0.1, -0.05) is 0 Å². The molecular weight excluding hydrogens is 284 g/mol. The third kappa shape index (κ3) is 4.37. The van der Waals surface area contributed by atoms with Crippen LogP contribution in [0.1, 0.15) is 11.4 Å². The molecule has 1 aromatic carbocycles. The molecule has 0 fully saturated rings. The van der Waals surface area contributed by atoms with E-state index < -0.39 is 0 Å². The Morgan fingerprint density at radius 3 is 2.64 bits per heavy atom. The minimum Gasteiger partial charge on any atom is -0.394 e. The van der Waals surface area contributed by atoms with Crippen molar-refractivity contribution < 1.29 is 14.6 Å². The number of fused-ring (bicyclic) bond motifs is 1. The van der Waals surface area contributed by atoms with E-state index in [9.17, 15) is 4.79 Å². The lowest BCUT2D eigenvalue weighted by atomic mass is 10.2. The Bertz CT molecular complexity index is 661. The molecule has 0 spiro atoms. The van der Waals surface area contributed by atoms with Gasteiger partial charge in [-0.05, 0) is 32.0 Å². The quantitative estimate of drug-likeness (QED) is 0.701. The van der Waals surface area contributed by atoms with Gasteiger partial charge in [0, 0.05) is 12.2 Å². The average molecular weight is 304 g/mol. The number of aromatic nitrogens is 2. The molecule has 2 amide bonds. The lowest BCUT2D eigenvalue weighted by Crippen LogP contribution is -2.31. The number of benzene rings is 1. The first kappa shape index (κ1) is 16.1. The summed E-state index contributed by atoms with van der Waals surface area (Å²) in [7, 11) is 0. The number of carbonyl (C=O) groups excluding carboxylic acids is 1. The Morgan fingerprint density at radius 1 is 1.18 bits per heavy atom. The number of nitrogens with one attached hydrogen (secondary N) is 2. The van der Waals surface area contributed by atoms with E-state index in [1.54, 1.807) is 12.1 Å². The normalized spacial score (nSPS) is 10.7. The third-order valence-corrected chi connectivity index (χ3v) is 3.10. The minimum atomic E-state index is -0.316. The number of hydrogen-bond acceptors (Lipinski definition) is 5. The van der Waals surface area contributed by atoms with Crippen molar-refractivity contribution in [2.24, 2.45) is 0 Å². The van der Waals surface area contributed by atoms with E-state index in [-0.39, 0.29) is 19.2 Å². The van der Waals surface area contributed by atoms with Crippen molar-refractivity contribution in [2.45, 2.75) is 13.8 Å². The summed E-state index contributed by atoms with van der Waals surface area (Å²) in [4.78, 5) is 20.6. The van der Waals surface area contributed by atoms with Crippen LogP contribution in [0.3, 0.4) is 0 Å². The molecule has 7 nitrogen and oxygen atoms in total. The molecule has 0 atom stereocenters. The van der Waals surface area contributed by atoms with Gasteiger partial charge in [-0.3, -0.25) is 0 Å². The van der Waals surface area contributed by atoms with Crippen LogP contribution >= 0.6 is 0 Å². The predicted octanol–water partition coefficient (Wildman–Crippen LogP) is 1.38. The summed E-state index contributed by atoms with van der Waals surface area (Å²) in [6.07, 6.45) is 0. The van der Waals surface area contributed by atoms with Gasteiger partial charge in [0.05, 0.1) is 42.2 Å². The van der Waals surface area contributed by atoms with E-state index in [2.05, 4.69) is 20.6 Å². The molecule has 0 aliphatic carbocycles. The monoisotopic (exact) mass is 304 g/mol. The summed E-state index contributed by atoms with van der Waals surface area (Å²) in [5.41, 5.74) is 3.96. The minimum absolute atomic E-state index is 0.0246. The molecule has 22 heavy (non-hydrogen) atoms. The molecule has 2 aromatic rings. The van der Waals surface area contributed by atoms with E-state index in [0.717, 1.165) is 22.4 Å². The Hall–Kier alpha value is -2.25. The summed E-state index contributed by atoms with van der Waals surface area (Å²) in [5.74, 6) is 0. The van der Waals surface area contributed by atoms with Crippen molar-refractivity contribution in [2.75, 3.05) is 31.7 Å². The first-order valence-corrected chi connectivity index (χ1v) is 7.08. The van der Waals surface area contributed by atoms with E-state index in [1.165, 1.54) is 0 Å². The van der Waals surface area contributed by atoms with Crippen molar-refractivity contribution in [3.05, 3.63) is 29.6 Å². The molecule has 1 aromatic heterocycles. The van der Waals surface area contributed by atoms with Crippen LogP contribution in [0.2, 0.25) is 0 Å². The van der Waals surface area contributed by atoms with Crippen LogP contribution in [0.5, 0.6) is 0 Å². The Morgan fingerprint density at radius 2 is 1.91 bits per heavy atom. The van der Waals surface area contributed by atoms with Gasteiger partial charge in [0.2, 0.25) is 0 Å². The highest BCUT2D eigenvalue weighted by molar-refractivity contribution is 5.91. The van der Waals surface area contributed by atoms with Gasteiger partial charge in [-0.25, -0.2) is 14.8 Å². The van der Waals surface area contributed by atoms with Crippen molar-refractivity contribution in [3.8, 4) is 0 Å². The molecule has 1 heterocycles. The van der Waals surface area contributed by atoms with Gasteiger partial charge < -0.3 is 20.5 Å². The topological polar surface area (TPSA) is 96.4 Å². The molecule has 118 valence electrons. The summed E-state index contributed by atoms with van der Waals surface area (Å²) in [5, 5.41) is 14.0. The highest BCUT2D eigenvalue weighted by Gasteiger charge is 2.05. The summed E-state index contributed by atoms with van der Waals surface area (Å²) in [6.45, 7) is 4.79. The van der Waals surface area contributed by atoms with Crippen LogP contribution in [0.15, 0.2) is 18.2 Å². The first-order valence-electron chi connectivity index (χ1n) is 7.08. The number of hydrogen-bond donors (Lipinski definition) is 3. The molecule has 7 heteroatoms. The van der Waals surface area contributed by atoms with Crippen molar-refractivity contribution in [3.63, 3.8) is 0 Å². The number of nitrogens with zero attached hydrogens (tertiary/aromatic N) is 2. The number of aryl methyl sites for hydroxylation is 2. The lowest BCUT2D eigenvalue weighted by molar-refractivity contribution is 0.0950. The van der Waals surface area contributed by atoms with Crippen molar-refractivity contribution in [1.29, 1.82) is 0 Å². The van der Waals surface area contributed by atoms with E-state index in [1.807, 2.05) is 19.9 Å². The SMILES string of the molecule is Cc1nc2ccc(NC(=O)NCCOCCO)cc2nc1C. The number of rotatable bonds is 6. The molecule has 3 N–H and O–H groups in total. The van der Waals surface area contributed by atoms with Gasteiger partial charge in [0.1, 0.15) is 0 Å². The number of anilines is 1. The Kier molecular flexibility index (Phi) is 5.62. The van der Waals surface area contributed by atoms with Gasteiger partial charge in [-0.15, -0.1) is 0 Å². The zero-order chi connectivity index (χ0) is 15.9.